The number of likely N-dealkylation sites (tertiary alicyclic amines) is 1. The van der Waals surface area contributed by atoms with Gasteiger partial charge in [0, 0.05) is 13.0 Å². The molecule has 0 aliphatic carbocycles. The quantitative estimate of drug-likeness (QED) is 0.813. The van der Waals surface area contributed by atoms with Crippen LogP contribution in [-0.2, 0) is 11.3 Å². The normalized spacial score (nSPS) is 19.9. The summed E-state index contributed by atoms with van der Waals surface area (Å²) in [7, 11) is 0. The first-order valence-electron chi connectivity index (χ1n) is 6.66. The largest absolute Gasteiger partial charge is 0.481 e. The van der Waals surface area contributed by atoms with Gasteiger partial charge in [-0.15, -0.1) is 0 Å². The first-order valence-corrected chi connectivity index (χ1v) is 6.66. The molecule has 1 aromatic heterocycles. The average Bonchev–Trinajstić information content (AvgIpc) is 2.85. The number of aromatic carboxylic acids is 1. The highest BCUT2D eigenvalue weighted by Crippen LogP contribution is 2.22. The van der Waals surface area contributed by atoms with Crippen LogP contribution in [0.2, 0.25) is 0 Å². The molecule has 0 radical (unpaired) electrons. The number of carbonyl (C=O) groups is 2. The van der Waals surface area contributed by atoms with Gasteiger partial charge in [0.15, 0.2) is 5.69 Å². The molecular weight excluding hydrogens is 264 g/mol. The maximum Gasteiger partial charge on any atom is 0.357 e. The van der Waals surface area contributed by atoms with Gasteiger partial charge in [-0.05, 0) is 31.7 Å². The molecule has 0 saturated carbocycles. The molecule has 0 bridgehead atoms. The van der Waals surface area contributed by atoms with Gasteiger partial charge in [0.25, 0.3) is 0 Å². The van der Waals surface area contributed by atoms with Crippen molar-refractivity contribution in [1.29, 1.82) is 0 Å². The van der Waals surface area contributed by atoms with E-state index in [0.717, 1.165) is 32.2 Å². The third kappa shape index (κ3) is 4.06. The zero-order chi connectivity index (χ0) is 14.5. The highest BCUT2D eigenvalue weighted by molar-refractivity contribution is 5.84. The second kappa shape index (κ2) is 6.51. The Morgan fingerprint density at radius 2 is 2.25 bits per heavy atom. The van der Waals surface area contributed by atoms with E-state index in [1.165, 1.54) is 0 Å². The maximum atomic E-state index is 10.7. The van der Waals surface area contributed by atoms with E-state index in [1.807, 2.05) is 0 Å². The zero-order valence-corrected chi connectivity index (χ0v) is 11.1. The molecule has 0 aromatic carbocycles. The van der Waals surface area contributed by atoms with Gasteiger partial charge in [0.1, 0.15) is 6.26 Å². The van der Waals surface area contributed by atoms with E-state index in [-0.39, 0.29) is 12.1 Å². The number of nitrogens with zero attached hydrogens (tertiary/aromatic N) is 2. The van der Waals surface area contributed by atoms with Crippen molar-refractivity contribution >= 4 is 11.9 Å². The van der Waals surface area contributed by atoms with Crippen molar-refractivity contribution in [1.82, 2.24) is 9.88 Å². The molecule has 7 nitrogen and oxygen atoms in total. The van der Waals surface area contributed by atoms with Gasteiger partial charge in [-0.2, -0.15) is 0 Å². The summed E-state index contributed by atoms with van der Waals surface area (Å²) in [5.74, 6) is -1.10. The molecule has 0 unspecified atom stereocenters. The lowest BCUT2D eigenvalue weighted by atomic mass is 9.93. The van der Waals surface area contributed by atoms with Gasteiger partial charge in [-0.3, -0.25) is 9.69 Å². The van der Waals surface area contributed by atoms with E-state index >= 15 is 0 Å². The predicted octanol–water partition coefficient (Wildman–Crippen LogP) is 1.45. The minimum absolute atomic E-state index is 0.0839. The smallest absolute Gasteiger partial charge is 0.357 e. The van der Waals surface area contributed by atoms with Crippen LogP contribution in [0, 0.1) is 5.92 Å². The summed E-state index contributed by atoms with van der Waals surface area (Å²) in [5.41, 5.74) is -0.0839. The van der Waals surface area contributed by atoms with Crippen LogP contribution in [0.1, 0.15) is 42.1 Å². The van der Waals surface area contributed by atoms with E-state index in [2.05, 4.69) is 9.88 Å². The SMILES string of the molecule is O=C(O)CC[C@@H]1CCCN(Cc2nc(C(=O)O)co2)C1. The Labute approximate surface area is 116 Å². The molecule has 0 amide bonds. The molecule has 1 aromatic rings. The average molecular weight is 282 g/mol. The Morgan fingerprint density at radius 3 is 2.90 bits per heavy atom. The minimum atomic E-state index is -1.10. The predicted molar refractivity (Wildman–Crippen MR) is 68.3 cm³/mol. The number of carboxylic acids is 2. The molecule has 1 atom stereocenters. The zero-order valence-electron chi connectivity index (χ0n) is 11.1. The first kappa shape index (κ1) is 14.5. The number of aliphatic carboxylic acids is 1. The number of carboxylic acid groups (broad SMARTS) is 2. The molecule has 2 N–H and O–H groups in total. The van der Waals surface area contributed by atoms with Gasteiger partial charge in [-0.1, -0.05) is 0 Å². The van der Waals surface area contributed by atoms with Gasteiger partial charge in [-0.25, -0.2) is 9.78 Å². The van der Waals surface area contributed by atoms with Crippen LogP contribution in [0.4, 0.5) is 0 Å². The maximum absolute atomic E-state index is 10.7. The van der Waals surface area contributed by atoms with Crippen LogP contribution in [0.5, 0.6) is 0 Å². The molecule has 2 heterocycles. The third-order valence-corrected chi connectivity index (χ3v) is 3.50. The first-order chi connectivity index (χ1) is 9.54. The topological polar surface area (TPSA) is 104 Å². The summed E-state index contributed by atoms with van der Waals surface area (Å²) >= 11 is 0. The molecule has 1 saturated heterocycles. The molecule has 1 aliphatic heterocycles. The second-order valence-electron chi connectivity index (χ2n) is 5.11. The minimum Gasteiger partial charge on any atom is -0.481 e. The van der Waals surface area contributed by atoms with Crippen LogP contribution < -0.4 is 0 Å². The van der Waals surface area contributed by atoms with Crippen molar-refractivity contribution in [2.75, 3.05) is 13.1 Å². The summed E-state index contributed by atoms with van der Waals surface area (Å²) in [5, 5.41) is 17.5. The van der Waals surface area contributed by atoms with E-state index in [4.69, 9.17) is 14.6 Å². The van der Waals surface area contributed by atoms with Crippen LogP contribution >= 0.6 is 0 Å². The van der Waals surface area contributed by atoms with Crippen LogP contribution in [-0.4, -0.2) is 45.1 Å². The Bertz CT molecular complexity index is 485. The van der Waals surface area contributed by atoms with Crippen molar-refractivity contribution in [2.24, 2.45) is 5.92 Å². The molecule has 110 valence electrons. The third-order valence-electron chi connectivity index (χ3n) is 3.50. The van der Waals surface area contributed by atoms with Crippen molar-refractivity contribution in [2.45, 2.75) is 32.2 Å². The standard InChI is InChI=1S/C13H18N2O5/c16-12(17)4-3-9-2-1-5-15(6-9)7-11-14-10(8-20-11)13(18)19/h8-9H,1-7H2,(H,16,17)(H,18,19)/t9-/m0/s1. The van der Waals surface area contributed by atoms with E-state index in [0.29, 0.717) is 24.8 Å². The summed E-state index contributed by atoms with van der Waals surface area (Å²) in [6.07, 6.45) is 4.06. The molecular formula is C13H18N2O5. The molecule has 2 rings (SSSR count). The molecule has 1 aliphatic rings. The summed E-state index contributed by atoms with van der Waals surface area (Å²) in [4.78, 5) is 27.3. The van der Waals surface area contributed by atoms with Gasteiger partial charge in [0.2, 0.25) is 5.89 Å². The van der Waals surface area contributed by atoms with Gasteiger partial charge >= 0.3 is 11.9 Å². The number of aromatic nitrogens is 1. The number of hydrogen-bond donors (Lipinski definition) is 2. The van der Waals surface area contributed by atoms with Crippen molar-refractivity contribution in [3.05, 3.63) is 17.8 Å². The molecule has 1 fully saturated rings. The van der Waals surface area contributed by atoms with Crippen LogP contribution in [0.25, 0.3) is 0 Å². The van der Waals surface area contributed by atoms with Gasteiger partial charge in [0.05, 0.1) is 6.54 Å². The van der Waals surface area contributed by atoms with Crippen LogP contribution in [0.15, 0.2) is 10.7 Å². The van der Waals surface area contributed by atoms with Crippen LogP contribution in [0.3, 0.4) is 0 Å². The van der Waals surface area contributed by atoms with Crippen molar-refractivity contribution < 1.29 is 24.2 Å². The fourth-order valence-electron chi connectivity index (χ4n) is 2.53. The molecule has 0 spiro atoms. The highest BCUT2D eigenvalue weighted by atomic mass is 16.4. The fourth-order valence-corrected chi connectivity index (χ4v) is 2.53. The van der Waals surface area contributed by atoms with Gasteiger partial charge < -0.3 is 14.6 Å². The number of piperidine rings is 1. The fraction of sp³-hybridized carbons (Fsp3) is 0.615. The molecule has 20 heavy (non-hydrogen) atoms. The molecule has 7 heteroatoms. The number of rotatable bonds is 6. The van der Waals surface area contributed by atoms with Crippen molar-refractivity contribution in [3.8, 4) is 0 Å². The second-order valence-corrected chi connectivity index (χ2v) is 5.11. The summed E-state index contributed by atoms with van der Waals surface area (Å²) in [6, 6.07) is 0. The summed E-state index contributed by atoms with van der Waals surface area (Å²) < 4.78 is 5.13. The highest BCUT2D eigenvalue weighted by Gasteiger charge is 2.22. The Hall–Kier alpha value is -1.89. The van der Waals surface area contributed by atoms with E-state index in [9.17, 15) is 9.59 Å². The monoisotopic (exact) mass is 282 g/mol. The Kier molecular flexibility index (Phi) is 4.73. The summed E-state index contributed by atoms with van der Waals surface area (Å²) in [6.45, 7) is 2.17. The lowest BCUT2D eigenvalue weighted by Gasteiger charge is -2.31. The Morgan fingerprint density at radius 1 is 1.45 bits per heavy atom. The lowest BCUT2D eigenvalue weighted by Crippen LogP contribution is -2.35. The number of oxazole rings is 1. The number of hydrogen-bond acceptors (Lipinski definition) is 5. The lowest BCUT2D eigenvalue weighted by molar-refractivity contribution is -0.137. The van der Waals surface area contributed by atoms with E-state index in [1.54, 1.807) is 0 Å². The Balaban J connectivity index is 1.85. The van der Waals surface area contributed by atoms with Crippen molar-refractivity contribution in [3.63, 3.8) is 0 Å². The van der Waals surface area contributed by atoms with E-state index < -0.39 is 11.9 Å².